The first-order chi connectivity index (χ1) is 9.72. The summed E-state index contributed by atoms with van der Waals surface area (Å²) in [6, 6.07) is 15.3. The largest absolute Gasteiger partial charge is 0.497 e. The highest BCUT2D eigenvalue weighted by atomic mass is 16.5. The van der Waals surface area contributed by atoms with Crippen molar-refractivity contribution in [3.8, 4) is 22.6 Å². The second kappa shape index (κ2) is 6.70. The Morgan fingerprint density at radius 1 is 0.950 bits per heavy atom. The molecule has 0 saturated heterocycles. The van der Waals surface area contributed by atoms with E-state index in [0.717, 1.165) is 22.6 Å². The van der Waals surface area contributed by atoms with Crippen LogP contribution in [0.15, 0.2) is 53.7 Å². The first-order valence-corrected chi connectivity index (χ1v) is 6.42. The van der Waals surface area contributed by atoms with Crippen molar-refractivity contribution < 1.29 is 9.47 Å². The van der Waals surface area contributed by atoms with Crippen molar-refractivity contribution in [2.75, 3.05) is 13.7 Å². The van der Waals surface area contributed by atoms with E-state index in [4.69, 9.17) is 9.47 Å². The van der Waals surface area contributed by atoms with Crippen LogP contribution in [0.3, 0.4) is 0 Å². The Kier molecular flexibility index (Phi) is 4.71. The first-order valence-electron chi connectivity index (χ1n) is 6.42. The minimum Gasteiger partial charge on any atom is -0.497 e. The minimum absolute atomic E-state index is 0.297. The van der Waals surface area contributed by atoms with E-state index in [9.17, 15) is 4.91 Å². The van der Waals surface area contributed by atoms with Gasteiger partial charge in [0.2, 0.25) is 0 Å². The molecular weight excluding hydrogens is 254 g/mol. The van der Waals surface area contributed by atoms with Crippen LogP contribution in [-0.4, -0.2) is 19.8 Å². The van der Waals surface area contributed by atoms with Crippen LogP contribution in [0.4, 0.5) is 0 Å². The number of rotatable bonds is 6. The highest BCUT2D eigenvalue weighted by molar-refractivity contribution is 5.64. The third-order valence-electron chi connectivity index (χ3n) is 2.95. The average molecular weight is 271 g/mol. The average Bonchev–Trinajstić information content (AvgIpc) is 2.53. The Balaban J connectivity index is 2.05. The van der Waals surface area contributed by atoms with Gasteiger partial charge in [-0.3, -0.25) is 0 Å². The van der Waals surface area contributed by atoms with Crippen LogP contribution in [-0.2, 0) is 0 Å². The third-order valence-corrected chi connectivity index (χ3v) is 2.95. The van der Waals surface area contributed by atoms with Crippen LogP contribution in [0.2, 0.25) is 0 Å². The first kappa shape index (κ1) is 14.1. The van der Waals surface area contributed by atoms with Gasteiger partial charge in [0.15, 0.2) is 0 Å². The zero-order valence-electron chi connectivity index (χ0n) is 11.6. The molecule has 0 N–H and O–H groups in total. The quantitative estimate of drug-likeness (QED) is 0.749. The zero-order chi connectivity index (χ0) is 14.4. The summed E-state index contributed by atoms with van der Waals surface area (Å²) in [6.07, 6.45) is 0. The lowest BCUT2D eigenvalue weighted by Crippen LogP contribution is -2.10. The van der Waals surface area contributed by atoms with Crippen LogP contribution in [0.1, 0.15) is 6.92 Å². The summed E-state index contributed by atoms with van der Waals surface area (Å²) in [5.41, 5.74) is 2.21. The van der Waals surface area contributed by atoms with Crippen molar-refractivity contribution in [2.45, 2.75) is 13.0 Å². The zero-order valence-corrected chi connectivity index (χ0v) is 11.6. The van der Waals surface area contributed by atoms with Crippen LogP contribution < -0.4 is 9.47 Å². The molecule has 0 fully saturated rings. The van der Waals surface area contributed by atoms with Gasteiger partial charge in [-0.05, 0) is 42.3 Å². The normalized spacial score (nSPS) is 11.7. The van der Waals surface area contributed by atoms with Crippen LogP contribution >= 0.6 is 0 Å². The van der Waals surface area contributed by atoms with Gasteiger partial charge in [-0.2, -0.15) is 4.91 Å². The van der Waals surface area contributed by atoms with Crippen LogP contribution in [0.25, 0.3) is 11.1 Å². The number of benzene rings is 2. The summed E-state index contributed by atoms with van der Waals surface area (Å²) in [7, 11) is 1.65. The molecule has 0 amide bonds. The molecule has 0 spiro atoms. The molecule has 0 aliphatic carbocycles. The molecule has 1 atom stereocenters. The molecule has 4 heteroatoms. The Labute approximate surface area is 118 Å². The van der Waals surface area contributed by atoms with Gasteiger partial charge in [0, 0.05) is 0 Å². The molecule has 2 aromatic carbocycles. The maximum Gasteiger partial charge on any atom is 0.123 e. The molecular formula is C16H17NO3. The fourth-order valence-corrected chi connectivity index (χ4v) is 1.77. The van der Waals surface area contributed by atoms with Gasteiger partial charge >= 0.3 is 0 Å². The van der Waals surface area contributed by atoms with E-state index < -0.39 is 0 Å². The van der Waals surface area contributed by atoms with Gasteiger partial charge in [0.1, 0.15) is 24.1 Å². The Morgan fingerprint density at radius 3 is 1.90 bits per heavy atom. The van der Waals surface area contributed by atoms with E-state index in [1.54, 1.807) is 14.0 Å². The predicted molar refractivity (Wildman–Crippen MR) is 79.2 cm³/mol. The molecule has 1 unspecified atom stereocenters. The summed E-state index contributed by atoms with van der Waals surface area (Å²) in [5, 5.41) is 2.90. The molecule has 0 saturated carbocycles. The van der Waals surface area contributed by atoms with Crippen molar-refractivity contribution >= 4 is 0 Å². The lowest BCUT2D eigenvalue weighted by molar-refractivity contribution is 0.296. The molecule has 0 heterocycles. The summed E-state index contributed by atoms with van der Waals surface area (Å²) in [5.74, 6) is 1.57. The highest BCUT2D eigenvalue weighted by Gasteiger charge is 2.03. The lowest BCUT2D eigenvalue weighted by Gasteiger charge is -2.08. The molecule has 4 nitrogen and oxygen atoms in total. The van der Waals surface area contributed by atoms with Gasteiger partial charge in [-0.25, -0.2) is 0 Å². The van der Waals surface area contributed by atoms with Gasteiger partial charge < -0.3 is 9.47 Å². The fourth-order valence-electron chi connectivity index (χ4n) is 1.77. The van der Waals surface area contributed by atoms with Gasteiger partial charge in [0.25, 0.3) is 0 Å². The number of hydrogen-bond donors (Lipinski definition) is 0. The topological polar surface area (TPSA) is 47.9 Å². The molecule has 20 heavy (non-hydrogen) atoms. The van der Waals surface area contributed by atoms with Crippen molar-refractivity contribution in [1.82, 2.24) is 0 Å². The Hall–Kier alpha value is -2.36. The monoisotopic (exact) mass is 271 g/mol. The van der Waals surface area contributed by atoms with E-state index in [-0.39, 0.29) is 6.04 Å². The van der Waals surface area contributed by atoms with E-state index in [1.807, 2.05) is 48.5 Å². The summed E-state index contributed by atoms with van der Waals surface area (Å²) in [6.45, 7) is 2.02. The van der Waals surface area contributed by atoms with Crippen molar-refractivity contribution in [1.29, 1.82) is 0 Å². The smallest absolute Gasteiger partial charge is 0.123 e. The molecule has 0 bridgehead atoms. The van der Waals surface area contributed by atoms with E-state index in [1.165, 1.54) is 0 Å². The number of ether oxygens (including phenoxy) is 2. The van der Waals surface area contributed by atoms with E-state index in [2.05, 4.69) is 5.18 Å². The van der Waals surface area contributed by atoms with E-state index in [0.29, 0.717) is 6.61 Å². The standard InChI is InChI=1S/C16H17NO3/c1-12(17-18)11-20-16-9-5-14(6-10-16)13-3-7-15(19-2)8-4-13/h3-10,12H,11H2,1-2H3. The van der Waals surface area contributed by atoms with Crippen LogP contribution in [0, 0.1) is 4.91 Å². The molecule has 2 aromatic rings. The van der Waals surface area contributed by atoms with Crippen molar-refractivity contribution in [3.05, 3.63) is 53.4 Å². The molecule has 104 valence electrons. The summed E-state index contributed by atoms with van der Waals surface area (Å²) in [4.78, 5) is 10.3. The SMILES string of the molecule is COc1ccc(-c2ccc(OCC(C)N=O)cc2)cc1. The number of nitroso groups, excluding NO2 is 1. The Bertz CT molecular complexity index is 549. The highest BCUT2D eigenvalue weighted by Crippen LogP contribution is 2.24. The molecule has 0 radical (unpaired) electrons. The fraction of sp³-hybridized carbons (Fsp3) is 0.250. The third kappa shape index (κ3) is 3.57. The van der Waals surface area contributed by atoms with Gasteiger partial charge in [0.05, 0.1) is 7.11 Å². The molecule has 0 aliphatic heterocycles. The summed E-state index contributed by atoms with van der Waals surface area (Å²) < 4.78 is 10.6. The van der Waals surface area contributed by atoms with Crippen molar-refractivity contribution in [3.63, 3.8) is 0 Å². The van der Waals surface area contributed by atoms with Crippen LogP contribution in [0.5, 0.6) is 11.5 Å². The minimum atomic E-state index is -0.337. The second-order valence-electron chi connectivity index (χ2n) is 4.52. The van der Waals surface area contributed by atoms with Gasteiger partial charge in [-0.1, -0.05) is 29.4 Å². The number of hydrogen-bond acceptors (Lipinski definition) is 4. The summed E-state index contributed by atoms with van der Waals surface area (Å²) >= 11 is 0. The molecule has 0 aromatic heterocycles. The molecule has 0 aliphatic rings. The molecule has 2 rings (SSSR count). The number of nitrogens with zero attached hydrogens (tertiary/aromatic N) is 1. The maximum absolute atomic E-state index is 10.3. The Morgan fingerprint density at radius 2 is 1.45 bits per heavy atom. The maximum atomic E-state index is 10.3. The van der Waals surface area contributed by atoms with Crippen molar-refractivity contribution in [2.24, 2.45) is 5.18 Å². The predicted octanol–water partition coefficient (Wildman–Crippen LogP) is 3.90. The lowest BCUT2D eigenvalue weighted by atomic mass is 10.1. The second-order valence-corrected chi connectivity index (χ2v) is 4.52. The number of methoxy groups -OCH3 is 1. The van der Waals surface area contributed by atoms with Gasteiger partial charge in [-0.15, -0.1) is 0 Å². The van der Waals surface area contributed by atoms with E-state index >= 15 is 0 Å².